The third kappa shape index (κ3) is 3.42. The lowest BCUT2D eigenvalue weighted by molar-refractivity contribution is -0.140. The zero-order valence-electron chi connectivity index (χ0n) is 12.5. The highest BCUT2D eigenvalue weighted by Crippen LogP contribution is 2.41. The van der Waals surface area contributed by atoms with Crippen LogP contribution in [0, 0.1) is 0 Å². The van der Waals surface area contributed by atoms with Crippen molar-refractivity contribution in [2.45, 2.75) is 31.3 Å². The van der Waals surface area contributed by atoms with Gasteiger partial charge in [-0.25, -0.2) is 9.59 Å². The second-order valence-electron chi connectivity index (χ2n) is 5.05. The average Bonchev–Trinajstić information content (AvgIpc) is 2.69. The molecule has 1 aromatic heterocycles. The summed E-state index contributed by atoms with van der Waals surface area (Å²) in [5.41, 5.74) is -1.15. The lowest BCUT2D eigenvalue weighted by Crippen LogP contribution is -2.41. The Morgan fingerprint density at radius 3 is 2.79 bits per heavy atom. The first-order valence-corrected chi connectivity index (χ1v) is 6.72. The maximum absolute atomic E-state index is 14.0. The molecule has 0 spiro atoms. The van der Waals surface area contributed by atoms with Gasteiger partial charge in [0.25, 0.3) is 0 Å². The van der Waals surface area contributed by atoms with E-state index in [9.17, 15) is 23.5 Å². The number of hydrogen-bond acceptors (Lipinski definition) is 7. The van der Waals surface area contributed by atoms with Crippen LogP contribution in [0.25, 0.3) is 0 Å². The highest BCUT2D eigenvalue weighted by atomic mass is 19.3. The molecule has 0 saturated carbocycles. The van der Waals surface area contributed by atoms with E-state index in [1.165, 1.54) is 6.92 Å². The lowest BCUT2D eigenvalue weighted by Gasteiger charge is -2.21. The smallest absolute Gasteiger partial charge is 0.416 e. The first-order valence-electron chi connectivity index (χ1n) is 6.72. The molecule has 1 saturated heterocycles. The zero-order valence-corrected chi connectivity index (χ0v) is 12.5. The van der Waals surface area contributed by atoms with Gasteiger partial charge in [0, 0.05) is 6.20 Å². The van der Waals surface area contributed by atoms with E-state index in [-0.39, 0.29) is 11.6 Å². The van der Waals surface area contributed by atoms with Crippen molar-refractivity contribution in [1.82, 2.24) is 9.55 Å². The first kappa shape index (κ1) is 18.0. The molecule has 2 heterocycles. The molecule has 3 atom stereocenters. The van der Waals surface area contributed by atoms with Crippen molar-refractivity contribution >= 4 is 11.9 Å². The van der Waals surface area contributed by atoms with Crippen LogP contribution in [-0.2, 0) is 9.47 Å². The fourth-order valence-electron chi connectivity index (χ4n) is 2.07. The molecule has 0 aliphatic carbocycles. The predicted molar refractivity (Wildman–Crippen MR) is 75.4 cm³/mol. The molecular formula is C13H15F2N3O6. The molecule has 1 aliphatic rings. The number of nitrogens with one attached hydrogen (secondary N) is 1. The van der Waals surface area contributed by atoms with Crippen LogP contribution in [0.15, 0.2) is 29.4 Å². The van der Waals surface area contributed by atoms with Crippen molar-refractivity contribution in [2.75, 3.05) is 11.9 Å². The van der Waals surface area contributed by atoms with Crippen LogP contribution in [0.5, 0.6) is 0 Å². The molecule has 1 fully saturated rings. The predicted octanol–water partition coefficient (Wildman–Crippen LogP) is 0.211. The summed E-state index contributed by atoms with van der Waals surface area (Å²) in [6.45, 7) is 3.92. The minimum atomic E-state index is -3.81. The van der Waals surface area contributed by atoms with Gasteiger partial charge in [0.1, 0.15) is 11.9 Å². The topological polar surface area (TPSA) is 123 Å². The summed E-state index contributed by atoms with van der Waals surface area (Å²) in [5, 5.41) is 20.5. The zero-order chi connectivity index (χ0) is 18.1. The Balaban J connectivity index is 2.23. The monoisotopic (exact) mass is 347 g/mol. The van der Waals surface area contributed by atoms with Crippen LogP contribution < -0.4 is 11.0 Å². The van der Waals surface area contributed by atoms with Crippen LogP contribution in [0.1, 0.15) is 13.2 Å². The molecule has 2 rings (SSSR count). The molecule has 132 valence electrons. The van der Waals surface area contributed by atoms with Gasteiger partial charge >= 0.3 is 17.7 Å². The van der Waals surface area contributed by atoms with Crippen LogP contribution >= 0.6 is 0 Å². The molecule has 1 amide bonds. The van der Waals surface area contributed by atoms with E-state index in [4.69, 9.17) is 9.84 Å². The number of carbonyl (C=O) groups excluding carboxylic acids is 1. The summed E-state index contributed by atoms with van der Waals surface area (Å²) < 4.78 is 37.9. The number of hydrogen-bond donors (Lipinski definition) is 3. The van der Waals surface area contributed by atoms with Crippen molar-refractivity contribution in [3.8, 4) is 0 Å². The van der Waals surface area contributed by atoms with Gasteiger partial charge in [0.15, 0.2) is 6.10 Å². The van der Waals surface area contributed by atoms with Gasteiger partial charge in [-0.15, -0.1) is 0 Å². The highest BCUT2D eigenvalue weighted by Gasteiger charge is 2.59. The molecule has 0 bridgehead atoms. The molecule has 3 N–H and O–H groups in total. The van der Waals surface area contributed by atoms with Gasteiger partial charge in [-0.1, -0.05) is 6.58 Å². The number of halogens is 2. The number of aliphatic hydroxyl groups excluding tert-OH is 2. The quantitative estimate of drug-likeness (QED) is 0.665. The number of allylic oxidation sites excluding steroid dienone is 1. The van der Waals surface area contributed by atoms with Crippen molar-refractivity contribution in [3.63, 3.8) is 0 Å². The number of carbonyl (C=O) groups is 1. The molecule has 1 aromatic rings. The van der Waals surface area contributed by atoms with Gasteiger partial charge in [0.2, 0.25) is 6.23 Å². The van der Waals surface area contributed by atoms with Crippen LogP contribution in [-0.4, -0.2) is 50.6 Å². The Kier molecular flexibility index (Phi) is 4.96. The summed E-state index contributed by atoms with van der Waals surface area (Å²) in [4.78, 5) is 26.7. The third-order valence-corrected chi connectivity index (χ3v) is 3.14. The number of amides is 1. The van der Waals surface area contributed by atoms with E-state index in [0.717, 1.165) is 12.3 Å². The first-order chi connectivity index (χ1) is 11.2. The SMILES string of the molecule is C=C(C)OC(=O)Nc1ccn([C@@H]2O[C@H](CO)[C@@H](O)C2(F)F)c(=O)n1. The summed E-state index contributed by atoms with van der Waals surface area (Å²) in [5.74, 6) is -3.95. The lowest BCUT2D eigenvalue weighted by atomic mass is 10.1. The fourth-order valence-corrected chi connectivity index (χ4v) is 2.07. The second-order valence-corrected chi connectivity index (χ2v) is 5.05. The van der Waals surface area contributed by atoms with Crippen LogP contribution in [0.2, 0.25) is 0 Å². The molecule has 0 unspecified atom stereocenters. The maximum Gasteiger partial charge on any atom is 0.417 e. The molecule has 24 heavy (non-hydrogen) atoms. The Labute approximate surface area is 134 Å². The fraction of sp³-hybridized carbons (Fsp3) is 0.462. The molecular weight excluding hydrogens is 332 g/mol. The number of aliphatic hydroxyl groups is 2. The summed E-state index contributed by atoms with van der Waals surface area (Å²) >= 11 is 0. The van der Waals surface area contributed by atoms with Crippen molar-refractivity contribution in [3.05, 3.63) is 35.1 Å². The number of alkyl halides is 2. The summed E-state index contributed by atoms with van der Waals surface area (Å²) in [6, 6.07) is 1.07. The van der Waals surface area contributed by atoms with Gasteiger partial charge < -0.3 is 19.7 Å². The van der Waals surface area contributed by atoms with E-state index in [2.05, 4.69) is 21.6 Å². The van der Waals surface area contributed by atoms with Gasteiger partial charge in [0.05, 0.1) is 12.4 Å². The van der Waals surface area contributed by atoms with Gasteiger partial charge in [-0.05, 0) is 13.0 Å². The molecule has 1 aliphatic heterocycles. The molecule has 9 nitrogen and oxygen atoms in total. The van der Waals surface area contributed by atoms with Crippen LogP contribution in [0.4, 0.5) is 19.4 Å². The minimum Gasteiger partial charge on any atom is -0.416 e. The second kappa shape index (κ2) is 6.63. The Hall–Kier alpha value is -2.37. The number of aromatic nitrogens is 2. The number of anilines is 1. The summed E-state index contributed by atoms with van der Waals surface area (Å²) in [6.07, 6.45) is -5.99. The van der Waals surface area contributed by atoms with E-state index in [1.54, 1.807) is 0 Å². The van der Waals surface area contributed by atoms with Crippen molar-refractivity contribution < 1.29 is 33.3 Å². The average molecular weight is 347 g/mol. The number of nitrogens with zero attached hydrogens (tertiary/aromatic N) is 2. The Bertz CT molecular complexity index is 707. The van der Waals surface area contributed by atoms with E-state index in [1.807, 2.05) is 0 Å². The Morgan fingerprint density at radius 2 is 2.29 bits per heavy atom. The normalized spacial score (nSPS) is 25.3. The van der Waals surface area contributed by atoms with E-state index < -0.39 is 42.7 Å². The molecule has 0 radical (unpaired) electrons. The van der Waals surface area contributed by atoms with Crippen molar-refractivity contribution in [2.24, 2.45) is 0 Å². The van der Waals surface area contributed by atoms with Gasteiger partial charge in [-0.2, -0.15) is 13.8 Å². The molecule has 0 aromatic carbocycles. The van der Waals surface area contributed by atoms with Crippen molar-refractivity contribution in [1.29, 1.82) is 0 Å². The van der Waals surface area contributed by atoms with E-state index in [0.29, 0.717) is 4.57 Å². The number of ether oxygens (including phenoxy) is 2. The Morgan fingerprint density at radius 1 is 1.62 bits per heavy atom. The highest BCUT2D eigenvalue weighted by molar-refractivity contribution is 5.83. The summed E-state index contributed by atoms with van der Waals surface area (Å²) in [7, 11) is 0. The largest absolute Gasteiger partial charge is 0.417 e. The minimum absolute atomic E-state index is 0.101. The van der Waals surface area contributed by atoms with Gasteiger partial charge in [-0.3, -0.25) is 9.88 Å². The van der Waals surface area contributed by atoms with Crippen LogP contribution in [0.3, 0.4) is 0 Å². The standard InChI is InChI=1S/C13H15F2N3O6/c1-6(2)23-12(22)17-8-3-4-18(11(21)16-8)10-13(14,15)9(20)7(5-19)24-10/h3-4,7,9-10,19-20H,1,5H2,2H3,(H,16,17,21,22)/t7-,9-,10-/m1/s1. The third-order valence-electron chi connectivity index (χ3n) is 3.14. The number of rotatable bonds is 4. The maximum atomic E-state index is 14.0. The molecule has 11 heteroatoms. The van der Waals surface area contributed by atoms with E-state index >= 15 is 0 Å².